The van der Waals surface area contributed by atoms with Gasteiger partial charge in [-0.2, -0.15) is 0 Å². The summed E-state index contributed by atoms with van der Waals surface area (Å²) in [7, 11) is 0. The SMILES string of the molecule is NC1CC(C2(c3cccs3)COC2)C1. The molecule has 1 aliphatic heterocycles. The Balaban J connectivity index is 1.85. The van der Waals surface area contributed by atoms with Gasteiger partial charge in [0.05, 0.1) is 18.6 Å². The molecule has 14 heavy (non-hydrogen) atoms. The predicted octanol–water partition coefficient (Wildman–Crippen LogP) is 1.75. The van der Waals surface area contributed by atoms with E-state index in [1.807, 2.05) is 11.3 Å². The molecule has 2 fully saturated rings. The summed E-state index contributed by atoms with van der Waals surface area (Å²) >= 11 is 1.86. The molecule has 1 aromatic rings. The van der Waals surface area contributed by atoms with Crippen molar-refractivity contribution in [3.8, 4) is 0 Å². The van der Waals surface area contributed by atoms with Crippen LogP contribution in [0.3, 0.4) is 0 Å². The summed E-state index contributed by atoms with van der Waals surface area (Å²) in [6.45, 7) is 1.82. The Hall–Kier alpha value is -0.380. The Morgan fingerprint density at radius 2 is 2.21 bits per heavy atom. The third kappa shape index (κ3) is 1.09. The lowest BCUT2D eigenvalue weighted by molar-refractivity contribution is -0.109. The molecular formula is C11H15NOS. The standard InChI is InChI=1S/C11H15NOS/c12-9-4-8(5-9)11(6-13-7-11)10-2-1-3-14-10/h1-3,8-9H,4-7,12H2. The molecule has 0 aromatic carbocycles. The van der Waals surface area contributed by atoms with Crippen LogP contribution in [-0.2, 0) is 10.2 Å². The summed E-state index contributed by atoms with van der Waals surface area (Å²) in [5, 5.41) is 2.16. The van der Waals surface area contributed by atoms with Crippen molar-refractivity contribution in [2.45, 2.75) is 24.3 Å². The van der Waals surface area contributed by atoms with E-state index >= 15 is 0 Å². The van der Waals surface area contributed by atoms with Crippen molar-refractivity contribution < 1.29 is 4.74 Å². The normalized spacial score (nSPS) is 34.6. The fourth-order valence-electron chi connectivity index (χ4n) is 2.58. The van der Waals surface area contributed by atoms with Gasteiger partial charge in [-0.15, -0.1) is 11.3 Å². The van der Waals surface area contributed by atoms with Gasteiger partial charge in [-0.05, 0) is 30.2 Å². The zero-order chi connectivity index (χ0) is 9.60. The van der Waals surface area contributed by atoms with E-state index in [9.17, 15) is 0 Å². The molecule has 1 aromatic heterocycles. The second-order valence-corrected chi connectivity index (χ2v) is 5.50. The quantitative estimate of drug-likeness (QED) is 0.805. The molecule has 0 spiro atoms. The van der Waals surface area contributed by atoms with Gasteiger partial charge in [0.25, 0.3) is 0 Å². The van der Waals surface area contributed by atoms with Crippen molar-refractivity contribution in [3.63, 3.8) is 0 Å². The van der Waals surface area contributed by atoms with Crippen LogP contribution in [0, 0.1) is 5.92 Å². The summed E-state index contributed by atoms with van der Waals surface area (Å²) in [5.74, 6) is 0.768. The molecule has 2 aliphatic rings. The maximum atomic E-state index is 5.86. The first kappa shape index (κ1) is 8.89. The smallest absolute Gasteiger partial charge is 0.0596 e. The summed E-state index contributed by atoms with van der Waals surface area (Å²) in [6.07, 6.45) is 2.36. The van der Waals surface area contributed by atoms with Crippen LogP contribution in [0.15, 0.2) is 17.5 Å². The fourth-order valence-corrected chi connectivity index (χ4v) is 3.56. The fraction of sp³-hybridized carbons (Fsp3) is 0.636. The minimum absolute atomic E-state index is 0.337. The van der Waals surface area contributed by atoms with Crippen molar-refractivity contribution in [2.75, 3.05) is 13.2 Å². The van der Waals surface area contributed by atoms with E-state index < -0.39 is 0 Å². The van der Waals surface area contributed by atoms with Crippen LogP contribution in [0.25, 0.3) is 0 Å². The molecule has 2 nitrogen and oxygen atoms in total. The number of ether oxygens (including phenoxy) is 1. The number of nitrogens with two attached hydrogens (primary N) is 1. The number of rotatable bonds is 2. The van der Waals surface area contributed by atoms with Crippen LogP contribution in [0.4, 0.5) is 0 Å². The van der Waals surface area contributed by atoms with Crippen molar-refractivity contribution >= 4 is 11.3 Å². The van der Waals surface area contributed by atoms with E-state index in [1.165, 1.54) is 17.7 Å². The van der Waals surface area contributed by atoms with Gasteiger partial charge in [0.15, 0.2) is 0 Å². The summed E-state index contributed by atoms with van der Waals surface area (Å²) < 4.78 is 5.42. The first-order valence-corrected chi connectivity index (χ1v) is 6.06. The van der Waals surface area contributed by atoms with Gasteiger partial charge in [-0.1, -0.05) is 6.07 Å². The molecule has 0 amide bonds. The highest BCUT2D eigenvalue weighted by atomic mass is 32.1. The molecule has 3 rings (SSSR count). The average molecular weight is 209 g/mol. The zero-order valence-electron chi connectivity index (χ0n) is 8.11. The molecule has 76 valence electrons. The lowest BCUT2D eigenvalue weighted by Crippen LogP contribution is -2.58. The molecule has 0 bridgehead atoms. The summed E-state index contributed by atoms with van der Waals surface area (Å²) in [6, 6.07) is 4.83. The van der Waals surface area contributed by atoms with Gasteiger partial charge >= 0.3 is 0 Å². The maximum absolute atomic E-state index is 5.86. The van der Waals surface area contributed by atoms with E-state index in [1.54, 1.807) is 0 Å². The molecule has 0 atom stereocenters. The third-order valence-corrected chi connectivity index (χ3v) is 4.78. The molecule has 0 unspecified atom stereocenters. The van der Waals surface area contributed by atoms with Crippen molar-refractivity contribution in [3.05, 3.63) is 22.4 Å². The second kappa shape index (κ2) is 3.05. The summed E-state index contributed by atoms with van der Waals surface area (Å²) in [5.41, 5.74) is 6.20. The Labute approximate surface area is 88.1 Å². The first-order valence-electron chi connectivity index (χ1n) is 5.18. The van der Waals surface area contributed by atoms with Crippen LogP contribution in [-0.4, -0.2) is 19.3 Å². The molecule has 2 N–H and O–H groups in total. The van der Waals surface area contributed by atoms with Crippen molar-refractivity contribution in [1.29, 1.82) is 0 Å². The predicted molar refractivity (Wildman–Crippen MR) is 57.5 cm³/mol. The minimum Gasteiger partial charge on any atom is -0.379 e. The highest BCUT2D eigenvalue weighted by molar-refractivity contribution is 7.10. The minimum atomic E-state index is 0.337. The highest BCUT2D eigenvalue weighted by Gasteiger charge is 2.51. The van der Waals surface area contributed by atoms with Crippen molar-refractivity contribution in [2.24, 2.45) is 11.7 Å². The first-order chi connectivity index (χ1) is 6.81. The van der Waals surface area contributed by atoms with E-state index in [4.69, 9.17) is 10.5 Å². The van der Waals surface area contributed by atoms with Crippen molar-refractivity contribution in [1.82, 2.24) is 0 Å². The average Bonchev–Trinajstić information content (AvgIpc) is 2.52. The van der Waals surface area contributed by atoms with Gasteiger partial charge in [0.2, 0.25) is 0 Å². The van der Waals surface area contributed by atoms with E-state index in [0.29, 0.717) is 11.5 Å². The molecule has 1 aliphatic carbocycles. The lowest BCUT2D eigenvalue weighted by atomic mass is 9.61. The van der Waals surface area contributed by atoms with Crippen LogP contribution < -0.4 is 5.73 Å². The monoisotopic (exact) mass is 209 g/mol. The third-order valence-electron chi connectivity index (χ3n) is 3.69. The lowest BCUT2D eigenvalue weighted by Gasteiger charge is -2.52. The van der Waals surface area contributed by atoms with E-state index in [0.717, 1.165) is 19.1 Å². The Morgan fingerprint density at radius 3 is 2.64 bits per heavy atom. The molecule has 3 heteroatoms. The number of thiophene rings is 1. The van der Waals surface area contributed by atoms with Gasteiger partial charge < -0.3 is 10.5 Å². The second-order valence-electron chi connectivity index (χ2n) is 4.55. The number of hydrogen-bond donors (Lipinski definition) is 1. The maximum Gasteiger partial charge on any atom is 0.0596 e. The molecule has 0 radical (unpaired) electrons. The Kier molecular flexibility index (Phi) is 1.94. The molecule has 1 saturated heterocycles. The number of hydrogen-bond acceptors (Lipinski definition) is 3. The molecule has 2 heterocycles. The summed E-state index contributed by atoms with van der Waals surface area (Å²) in [4.78, 5) is 1.50. The zero-order valence-corrected chi connectivity index (χ0v) is 8.93. The van der Waals surface area contributed by atoms with Crippen LogP contribution in [0.1, 0.15) is 17.7 Å². The van der Waals surface area contributed by atoms with Crippen LogP contribution in [0.5, 0.6) is 0 Å². The van der Waals surface area contributed by atoms with E-state index in [-0.39, 0.29) is 0 Å². The largest absolute Gasteiger partial charge is 0.379 e. The highest BCUT2D eigenvalue weighted by Crippen LogP contribution is 2.49. The van der Waals surface area contributed by atoms with Gasteiger partial charge in [0.1, 0.15) is 0 Å². The Bertz CT molecular complexity index is 312. The van der Waals surface area contributed by atoms with E-state index in [2.05, 4.69) is 17.5 Å². The van der Waals surface area contributed by atoms with Gasteiger partial charge in [-0.3, -0.25) is 0 Å². The van der Waals surface area contributed by atoms with Gasteiger partial charge in [-0.25, -0.2) is 0 Å². The topological polar surface area (TPSA) is 35.2 Å². The molecular weight excluding hydrogens is 194 g/mol. The van der Waals surface area contributed by atoms with Crippen LogP contribution in [0.2, 0.25) is 0 Å². The van der Waals surface area contributed by atoms with Gasteiger partial charge in [0, 0.05) is 10.9 Å². The van der Waals surface area contributed by atoms with Crippen LogP contribution >= 0.6 is 11.3 Å². The molecule has 1 saturated carbocycles. The Morgan fingerprint density at radius 1 is 1.43 bits per heavy atom.